The maximum atomic E-state index is 6.00. The van der Waals surface area contributed by atoms with Crippen LogP contribution in [0.25, 0.3) is 0 Å². The summed E-state index contributed by atoms with van der Waals surface area (Å²) in [6.07, 6.45) is 8.17. The summed E-state index contributed by atoms with van der Waals surface area (Å²) < 4.78 is 0. The standard InChI is InChI=1S/C10H19N/c1-3-8(2)9-6-4-5-7-10(9)11/h4,6,8-10H,3,5,7,11H2,1-2H3. The van der Waals surface area contributed by atoms with Crippen molar-refractivity contribution < 1.29 is 0 Å². The Labute approximate surface area is 69.7 Å². The van der Waals surface area contributed by atoms with Gasteiger partial charge >= 0.3 is 0 Å². The molecule has 1 rings (SSSR count). The summed E-state index contributed by atoms with van der Waals surface area (Å²) in [6, 6.07) is 0.412. The third-order valence-corrected chi connectivity index (χ3v) is 2.82. The lowest BCUT2D eigenvalue weighted by Crippen LogP contribution is -2.34. The summed E-state index contributed by atoms with van der Waals surface area (Å²) in [4.78, 5) is 0. The Morgan fingerprint density at radius 3 is 2.91 bits per heavy atom. The zero-order chi connectivity index (χ0) is 8.27. The molecule has 0 bridgehead atoms. The van der Waals surface area contributed by atoms with Crippen molar-refractivity contribution in [1.82, 2.24) is 0 Å². The van der Waals surface area contributed by atoms with Gasteiger partial charge in [-0.05, 0) is 24.7 Å². The number of nitrogens with two attached hydrogens (primary N) is 1. The molecule has 0 aromatic rings. The average Bonchev–Trinajstić information content (AvgIpc) is 2.04. The Hall–Kier alpha value is -0.300. The third-order valence-electron chi connectivity index (χ3n) is 2.82. The highest BCUT2D eigenvalue weighted by Gasteiger charge is 2.21. The minimum atomic E-state index is 0.412. The lowest BCUT2D eigenvalue weighted by atomic mass is 9.81. The summed E-state index contributed by atoms with van der Waals surface area (Å²) in [5.41, 5.74) is 6.00. The molecule has 0 saturated heterocycles. The van der Waals surface area contributed by atoms with Gasteiger partial charge in [-0.25, -0.2) is 0 Å². The fourth-order valence-corrected chi connectivity index (χ4v) is 1.76. The lowest BCUT2D eigenvalue weighted by molar-refractivity contribution is 0.331. The van der Waals surface area contributed by atoms with Crippen molar-refractivity contribution in [3.63, 3.8) is 0 Å². The molecule has 0 amide bonds. The molecule has 1 aliphatic carbocycles. The van der Waals surface area contributed by atoms with Gasteiger partial charge in [-0.3, -0.25) is 0 Å². The van der Waals surface area contributed by atoms with Crippen molar-refractivity contribution in [2.24, 2.45) is 17.6 Å². The first kappa shape index (κ1) is 8.79. The van der Waals surface area contributed by atoms with Crippen LogP contribution in [0.4, 0.5) is 0 Å². The molecule has 11 heavy (non-hydrogen) atoms. The molecular formula is C10H19N. The van der Waals surface area contributed by atoms with E-state index in [4.69, 9.17) is 5.73 Å². The Balaban J connectivity index is 2.53. The minimum Gasteiger partial charge on any atom is -0.327 e. The quantitative estimate of drug-likeness (QED) is 0.605. The minimum absolute atomic E-state index is 0.412. The Bertz CT molecular complexity index is 140. The van der Waals surface area contributed by atoms with Crippen LogP contribution >= 0.6 is 0 Å². The molecule has 0 aromatic heterocycles. The Kier molecular flexibility index (Phi) is 3.13. The van der Waals surface area contributed by atoms with E-state index in [0.717, 1.165) is 5.92 Å². The SMILES string of the molecule is CCC(C)C1C=CCCC1N. The molecule has 0 heterocycles. The van der Waals surface area contributed by atoms with Gasteiger partial charge in [0, 0.05) is 6.04 Å². The van der Waals surface area contributed by atoms with E-state index >= 15 is 0 Å². The van der Waals surface area contributed by atoms with Crippen LogP contribution in [0.3, 0.4) is 0 Å². The molecule has 0 aromatic carbocycles. The first-order valence-electron chi connectivity index (χ1n) is 4.68. The number of hydrogen-bond acceptors (Lipinski definition) is 1. The molecule has 3 unspecified atom stereocenters. The predicted octanol–water partition coefficient (Wildman–Crippen LogP) is 2.33. The Morgan fingerprint density at radius 1 is 1.64 bits per heavy atom. The van der Waals surface area contributed by atoms with Crippen LogP contribution in [0.1, 0.15) is 33.1 Å². The highest BCUT2D eigenvalue weighted by molar-refractivity contribution is 5.00. The van der Waals surface area contributed by atoms with Crippen LogP contribution < -0.4 is 5.73 Å². The smallest absolute Gasteiger partial charge is 0.0107 e. The van der Waals surface area contributed by atoms with E-state index < -0.39 is 0 Å². The topological polar surface area (TPSA) is 26.0 Å². The predicted molar refractivity (Wildman–Crippen MR) is 49.3 cm³/mol. The van der Waals surface area contributed by atoms with Crippen molar-refractivity contribution in [2.75, 3.05) is 0 Å². The Morgan fingerprint density at radius 2 is 2.36 bits per heavy atom. The zero-order valence-electron chi connectivity index (χ0n) is 7.59. The van der Waals surface area contributed by atoms with Crippen LogP contribution in [0, 0.1) is 11.8 Å². The van der Waals surface area contributed by atoms with E-state index in [-0.39, 0.29) is 0 Å². The molecule has 1 heteroatoms. The van der Waals surface area contributed by atoms with Gasteiger partial charge < -0.3 is 5.73 Å². The molecule has 3 atom stereocenters. The van der Waals surface area contributed by atoms with E-state index in [1.54, 1.807) is 0 Å². The van der Waals surface area contributed by atoms with Gasteiger partial charge in [0.2, 0.25) is 0 Å². The monoisotopic (exact) mass is 153 g/mol. The van der Waals surface area contributed by atoms with Gasteiger partial charge in [-0.2, -0.15) is 0 Å². The maximum Gasteiger partial charge on any atom is 0.0107 e. The summed E-state index contributed by atoms with van der Waals surface area (Å²) in [5.74, 6) is 1.38. The second-order valence-corrected chi connectivity index (χ2v) is 3.63. The number of hydrogen-bond donors (Lipinski definition) is 1. The molecule has 1 nitrogen and oxygen atoms in total. The van der Waals surface area contributed by atoms with Gasteiger partial charge in [0.15, 0.2) is 0 Å². The molecule has 64 valence electrons. The second kappa shape index (κ2) is 3.91. The van der Waals surface area contributed by atoms with Gasteiger partial charge in [0.05, 0.1) is 0 Å². The van der Waals surface area contributed by atoms with Crippen molar-refractivity contribution >= 4 is 0 Å². The van der Waals surface area contributed by atoms with Crippen molar-refractivity contribution in [1.29, 1.82) is 0 Å². The lowest BCUT2D eigenvalue weighted by Gasteiger charge is -2.28. The van der Waals surface area contributed by atoms with Crippen molar-refractivity contribution in [2.45, 2.75) is 39.2 Å². The summed E-state index contributed by atoms with van der Waals surface area (Å²) in [7, 11) is 0. The molecule has 0 aliphatic heterocycles. The normalized spacial score (nSPS) is 33.7. The number of rotatable bonds is 2. The molecule has 0 radical (unpaired) electrons. The van der Waals surface area contributed by atoms with E-state index in [1.165, 1.54) is 19.3 Å². The molecular weight excluding hydrogens is 134 g/mol. The fraction of sp³-hybridized carbons (Fsp3) is 0.800. The third kappa shape index (κ3) is 2.06. The second-order valence-electron chi connectivity index (χ2n) is 3.63. The molecule has 0 fully saturated rings. The van der Waals surface area contributed by atoms with Crippen LogP contribution in [0.15, 0.2) is 12.2 Å². The highest BCUT2D eigenvalue weighted by Crippen LogP contribution is 2.25. The largest absolute Gasteiger partial charge is 0.327 e. The molecule has 2 N–H and O–H groups in total. The van der Waals surface area contributed by atoms with Crippen LogP contribution in [0.2, 0.25) is 0 Å². The van der Waals surface area contributed by atoms with E-state index in [1.807, 2.05) is 0 Å². The molecule has 0 spiro atoms. The average molecular weight is 153 g/mol. The first-order valence-corrected chi connectivity index (χ1v) is 4.68. The maximum absolute atomic E-state index is 6.00. The summed E-state index contributed by atoms with van der Waals surface area (Å²) in [6.45, 7) is 4.53. The van der Waals surface area contributed by atoms with Gasteiger partial charge in [-0.15, -0.1) is 0 Å². The number of allylic oxidation sites excluding steroid dienone is 1. The highest BCUT2D eigenvalue weighted by atomic mass is 14.7. The van der Waals surface area contributed by atoms with Crippen molar-refractivity contribution in [3.05, 3.63) is 12.2 Å². The zero-order valence-corrected chi connectivity index (χ0v) is 7.59. The first-order chi connectivity index (χ1) is 5.25. The summed E-state index contributed by atoms with van der Waals surface area (Å²) >= 11 is 0. The molecule has 1 aliphatic rings. The fourth-order valence-electron chi connectivity index (χ4n) is 1.76. The van der Waals surface area contributed by atoms with E-state index in [2.05, 4.69) is 26.0 Å². The van der Waals surface area contributed by atoms with Gasteiger partial charge in [0.25, 0.3) is 0 Å². The van der Waals surface area contributed by atoms with Crippen LogP contribution in [-0.2, 0) is 0 Å². The van der Waals surface area contributed by atoms with Crippen LogP contribution in [0.5, 0.6) is 0 Å². The van der Waals surface area contributed by atoms with Crippen molar-refractivity contribution in [3.8, 4) is 0 Å². The molecule has 0 saturated carbocycles. The van der Waals surface area contributed by atoms with E-state index in [0.29, 0.717) is 12.0 Å². The van der Waals surface area contributed by atoms with E-state index in [9.17, 15) is 0 Å². The van der Waals surface area contributed by atoms with Gasteiger partial charge in [0.1, 0.15) is 0 Å². The summed E-state index contributed by atoms with van der Waals surface area (Å²) in [5, 5.41) is 0. The van der Waals surface area contributed by atoms with Gasteiger partial charge in [-0.1, -0.05) is 32.4 Å². The van der Waals surface area contributed by atoms with Crippen LogP contribution in [-0.4, -0.2) is 6.04 Å².